The maximum Gasteiger partial charge on any atom is 0.335 e. The van der Waals surface area contributed by atoms with E-state index in [1.165, 1.54) is 11.3 Å². The number of aromatic carboxylic acids is 1. The van der Waals surface area contributed by atoms with Crippen LogP contribution in [0.25, 0.3) is 0 Å². The number of aryl methyl sites for hydroxylation is 1. The minimum absolute atomic E-state index is 0.242. The molecule has 142 valence electrons. The smallest absolute Gasteiger partial charge is 0.335 e. The Morgan fingerprint density at radius 3 is 2.81 bits per heavy atom. The number of nitrogens with zero attached hydrogens (tertiary/aromatic N) is 2. The molecule has 3 rings (SSSR count). The van der Waals surface area contributed by atoms with E-state index in [2.05, 4.69) is 17.0 Å². The molecule has 6 nitrogen and oxygen atoms in total. The molecule has 2 aromatic carbocycles. The zero-order chi connectivity index (χ0) is 19.4. The molecule has 1 heterocycles. The summed E-state index contributed by atoms with van der Waals surface area (Å²) in [4.78, 5) is 24.2. The number of benzene rings is 2. The third-order valence-electron chi connectivity index (χ3n) is 5.15. The first kappa shape index (κ1) is 18.9. The van der Waals surface area contributed by atoms with E-state index in [4.69, 9.17) is 0 Å². The number of fused-ring (bicyclic) bond motifs is 1. The Bertz CT molecular complexity index is 850. The minimum atomic E-state index is -0.881. The van der Waals surface area contributed by atoms with Crippen LogP contribution in [0.4, 0.5) is 5.69 Å². The zero-order valence-corrected chi connectivity index (χ0v) is 15.4. The zero-order valence-electron chi connectivity index (χ0n) is 15.4. The second kappa shape index (κ2) is 8.20. The second-order valence-electron chi connectivity index (χ2n) is 7.10. The van der Waals surface area contributed by atoms with Crippen molar-refractivity contribution < 1.29 is 14.8 Å². The number of carboxylic acid groups (broad SMARTS) is 1. The lowest BCUT2D eigenvalue weighted by Crippen LogP contribution is -2.22. The summed E-state index contributed by atoms with van der Waals surface area (Å²) in [6.07, 6.45) is 3.00. The molecule has 0 aliphatic carbocycles. The SMILES string of the molecule is CC(Cc1ccc2c(c1)CCN2CCCc1ccccc1C(=O)O)[N+](=O)[O-]. The Balaban J connectivity index is 1.60. The lowest BCUT2D eigenvalue weighted by Gasteiger charge is -2.20. The summed E-state index contributed by atoms with van der Waals surface area (Å²) in [5.74, 6) is -0.881. The van der Waals surface area contributed by atoms with Crippen LogP contribution in [-0.4, -0.2) is 35.1 Å². The van der Waals surface area contributed by atoms with Gasteiger partial charge in [0.1, 0.15) is 0 Å². The van der Waals surface area contributed by atoms with Gasteiger partial charge >= 0.3 is 5.97 Å². The van der Waals surface area contributed by atoms with Gasteiger partial charge in [0.15, 0.2) is 0 Å². The van der Waals surface area contributed by atoms with Gasteiger partial charge < -0.3 is 10.0 Å². The van der Waals surface area contributed by atoms with E-state index in [1.54, 1.807) is 19.1 Å². The first-order valence-corrected chi connectivity index (χ1v) is 9.27. The van der Waals surface area contributed by atoms with Crippen molar-refractivity contribution in [2.45, 2.75) is 38.6 Å². The van der Waals surface area contributed by atoms with Crippen molar-refractivity contribution in [1.29, 1.82) is 0 Å². The van der Waals surface area contributed by atoms with Gasteiger partial charge in [0, 0.05) is 37.0 Å². The molecule has 0 saturated carbocycles. The molecule has 0 spiro atoms. The van der Waals surface area contributed by atoms with Crippen molar-refractivity contribution in [3.8, 4) is 0 Å². The highest BCUT2D eigenvalue weighted by Crippen LogP contribution is 2.29. The highest BCUT2D eigenvalue weighted by molar-refractivity contribution is 5.89. The van der Waals surface area contributed by atoms with Crippen molar-refractivity contribution in [2.24, 2.45) is 0 Å². The molecule has 0 aromatic heterocycles. The molecule has 1 unspecified atom stereocenters. The minimum Gasteiger partial charge on any atom is -0.478 e. The standard InChI is InChI=1S/C21H24N2O4/c1-15(23(26)27)13-16-8-9-20-18(14-16)10-12-22(20)11-4-6-17-5-2-3-7-19(17)21(24)25/h2-3,5,7-9,14-15H,4,6,10-13H2,1H3,(H,24,25). The maximum atomic E-state index is 11.3. The molecule has 0 saturated heterocycles. The van der Waals surface area contributed by atoms with E-state index in [1.807, 2.05) is 18.2 Å². The van der Waals surface area contributed by atoms with Gasteiger partial charge in [0.05, 0.1) is 5.56 Å². The fraction of sp³-hybridized carbons (Fsp3) is 0.381. The third-order valence-corrected chi connectivity index (χ3v) is 5.15. The van der Waals surface area contributed by atoms with Gasteiger partial charge in [-0.25, -0.2) is 4.79 Å². The van der Waals surface area contributed by atoms with Gasteiger partial charge in [-0.2, -0.15) is 0 Å². The number of hydrogen-bond donors (Lipinski definition) is 1. The molecule has 0 bridgehead atoms. The number of anilines is 1. The quantitative estimate of drug-likeness (QED) is 0.569. The number of nitro groups is 1. The molecule has 0 fully saturated rings. The largest absolute Gasteiger partial charge is 0.478 e. The first-order valence-electron chi connectivity index (χ1n) is 9.27. The van der Waals surface area contributed by atoms with E-state index in [-0.39, 0.29) is 4.92 Å². The molecule has 1 atom stereocenters. The Morgan fingerprint density at radius 2 is 2.07 bits per heavy atom. The summed E-state index contributed by atoms with van der Waals surface area (Å²) in [6, 6.07) is 12.7. The van der Waals surface area contributed by atoms with Gasteiger partial charge in [0.2, 0.25) is 6.04 Å². The van der Waals surface area contributed by atoms with Crippen molar-refractivity contribution >= 4 is 11.7 Å². The lowest BCUT2D eigenvalue weighted by molar-refractivity contribution is -0.517. The molecular formula is C21H24N2O4. The molecule has 0 radical (unpaired) electrons. The highest BCUT2D eigenvalue weighted by atomic mass is 16.6. The molecule has 1 N–H and O–H groups in total. The molecule has 1 aliphatic rings. The number of rotatable bonds is 8. The summed E-state index contributed by atoms with van der Waals surface area (Å²) in [5.41, 5.74) is 4.70. The van der Waals surface area contributed by atoms with Crippen LogP contribution in [0, 0.1) is 10.1 Å². The lowest BCUT2D eigenvalue weighted by atomic mass is 10.0. The van der Waals surface area contributed by atoms with Gasteiger partial charge in [0.25, 0.3) is 0 Å². The number of hydrogen-bond acceptors (Lipinski definition) is 4. The molecule has 27 heavy (non-hydrogen) atoms. The monoisotopic (exact) mass is 368 g/mol. The normalized spacial score (nSPS) is 14.0. The van der Waals surface area contributed by atoms with Crippen LogP contribution in [-0.2, 0) is 19.3 Å². The van der Waals surface area contributed by atoms with Gasteiger partial charge in [-0.05, 0) is 48.1 Å². The Hall–Kier alpha value is -2.89. The van der Waals surface area contributed by atoms with E-state index < -0.39 is 12.0 Å². The average Bonchev–Trinajstić information content (AvgIpc) is 3.04. The van der Waals surface area contributed by atoms with Crippen LogP contribution in [0.5, 0.6) is 0 Å². The van der Waals surface area contributed by atoms with Crippen LogP contribution in [0.2, 0.25) is 0 Å². The van der Waals surface area contributed by atoms with Crippen LogP contribution in [0.15, 0.2) is 42.5 Å². The van der Waals surface area contributed by atoms with E-state index in [0.29, 0.717) is 12.0 Å². The van der Waals surface area contributed by atoms with Crippen LogP contribution >= 0.6 is 0 Å². The number of carbonyl (C=O) groups is 1. The molecule has 6 heteroatoms. The Morgan fingerprint density at radius 1 is 1.30 bits per heavy atom. The molecule has 2 aromatic rings. The third kappa shape index (κ3) is 4.45. The van der Waals surface area contributed by atoms with Crippen LogP contribution in [0.3, 0.4) is 0 Å². The van der Waals surface area contributed by atoms with E-state index in [0.717, 1.165) is 43.5 Å². The topological polar surface area (TPSA) is 83.7 Å². The Kier molecular flexibility index (Phi) is 5.74. The van der Waals surface area contributed by atoms with Gasteiger partial charge in [-0.1, -0.05) is 30.3 Å². The molecule has 0 amide bonds. The summed E-state index contributed by atoms with van der Waals surface area (Å²) in [5, 5.41) is 20.1. The predicted molar refractivity (Wildman–Crippen MR) is 104 cm³/mol. The van der Waals surface area contributed by atoms with Crippen LogP contribution < -0.4 is 4.90 Å². The van der Waals surface area contributed by atoms with E-state index in [9.17, 15) is 20.0 Å². The van der Waals surface area contributed by atoms with Crippen molar-refractivity contribution in [3.63, 3.8) is 0 Å². The van der Waals surface area contributed by atoms with Crippen molar-refractivity contribution in [1.82, 2.24) is 0 Å². The fourth-order valence-corrected chi connectivity index (χ4v) is 3.71. The average molecular weight is 368 g/mol. The summed E-state index contributed by atoms with van der Waals surface area (Å²) in [6.45, 7) is 3.43. The predicted octanol–water partition coefficient (Wildman–Crippen LogP) is 3.59. The maximum absolute atomic E-state index is 11.3. The van der Waals surface area contributed by atoms with Crippen LogP contribution in [0.1, 0.15) is 40.4 Å². The van der Waals surface area contributed by atoms with Gasteiger partial charge in [-0.3, -0.25) is 10.1 Å². The Labute approximate surface area is 158 Å². The number of carboxylic acids is 1. The molecule has 1 aliphatic heterocycles. The second-order valence-corrected chi connectivity index (χ2v) is 7.10. The van der Waals surface area contributed by atoms with Crippen molar-refractivity contribution in [3.05, 3.63) is 74.8 Å². The first-order chi connectivity index (χ1) is 13.0. The van der Waals surface area contributed by atoms with Gasteiger partial charge in [-0.15, -0.1) is 0 Å². The molecular weight excluding hydrogens is 344 g/mol. The summed E-state index contributed by atoms with van der Waals surface area (Å²) >= 11 is 0. The van der Waals surface area contributed by atoms with E-state index >= 15 is 0 Å². The fourth-order valence-electron chi connectivity index (χ4n) is 3.71. The van der Waals surface area contributed by atoms with Crippen molar-refractivity contribution in [2.75, 3.05) is 18.0 Å². The summed E-state index contributed by atoms with van der Waals surface area (Å²) in [7, 11) is 0. The highest BCUT2D eigenvalue weighted by Gasteiger charge is 2.21. The summed E-state index contributed by atoms with van der Waals surface area (Å²) < 4.78 is 0.